The number of nitrogens with zero attached hydrogens (tertiary/aromatic N) is 1. The topological polar surface area (TPSA) is 152 Å². The van der Waals surface area contributed by atoms with Crippen molar-refractivity contribution in [1.29, 1.82) is 0 Å². The number of rotatable bonds is 12. The van der Waals surface area contributed by atoms with Crippen molar-refractivity contribution in [2.75, 3.05) is 32.9 Å². The maximum Gasteiger partial charge on any atom is 0.407 e. The molecule has 0 saturated carbocycles. The Balaban J connectivity index is 1.31. The van der Waals surface area contributed by atoms with E-state index in [-0.39, 0.29) is 43.7 Å². The molecule has 3 rings (SSSR count). The van der Waals surface area contributed by atoms with Crippen LogP contribution in [0.25, 0.3) is 0 Å². The fraction of sp³-hybridized carbons (Fsp3) is 0.577. The Labute approximate surface area is 221 Å². The Kier molecular flexibility index (Phi) is 10.1. The SMILES string of the molecule is CC(C)(C)OC(=O)NCCCOCCCNC(=O)COc1cccc2c1CN(C1CCC(=O)NC1=O)C2=O. The van der Waals surface area contributed by atoms with Gasteiger partial charge in [-0.3, -0.25) is 24.5 Å². The van der Waals surface area contributed by atoms with Crippen LogP contribution in [0.3, 0.4) is 0 Å². The summed E-state index contributed by atoms with van der Waals surface area (Å²) in [6.45, 7) is 7.14. The van der Waals surface area contributed by atoms with Gasteiger partial charge in [0.1, 0.15) is 17.4 Å². The van der Waals surface area contributed by atoms with E-state index in [0.29, 0.717) is 56.0 Å². The molecule has 12 heteroatoms. The van der Waals surface area contributed by atoms with Crippen LogP contribution < -0.4 is 20.7 Å². The molecule has 1 aromatic carbocycles. The molecule has 0 aromatic heterocycles. The molecule has 1 fully saturated rings. The van der Waals surface area contributed by atoms with Crippen LogP contribution in [-0.2, 0) is 30.4 Å². The molecule has 0 spiro atoms. The summed E-state index contributed by atoms with van der Waals surface area (Å²) in [7, 11) is 0. The van der Waals surface area contributed by atoms with Crippen molar-refractivity contribution < 1.29 is 38.2 Å². The zero-order valence-corrected chi connectivity index (χ0v) is 22.1. The molecule has 1 unspecified atom stereocenters. The standard InChI is InChI=1S/C26H36N4O8/c1-26(2,3)38-25(35)28-12-6-14-36-13-5-11-27-22(32)16-37-20-8-4-7-17-18(20)15-30(24(17)34)19-9-10-21(31)29-23(19)33/h4,7-8,19H,5-6,9-16H2,1-3H3,(H,27,32)(H,28,35)(H,29,31,33). The van der Waals surface area contributed by atoms with E-state index in [0.717, 1.165) is 0 Å². The summed E-state index contributed by atoms with van der Waals surface area (Å²) in [6.07, 6.45) is 1.25. The lowest BCUT2D eigenvalue weighted by molar-refractivity contribution is -0.137. The van der Waals surface area contributed by atoms with E-state index in [9.17, 15) is 24.0 Å². The number of carbonyl (C=O) groups excluding carboxylic acids is 5. The lowest BCUT2D eigenvalue weighted by Crippen LogP contribution is -2.52. The number of piperidine rings is 1. The molecule has 2 aliphatic heterocycles. The lowest BCUT2D eigenvalue weighted by atomic mass is 10.0. The molecule has 1 saturated heterocycles. The van der Waals surface area contributed by atoms with Gasteiger partial charge in [0.2, 0.25) is 11.8 Å². The van der Waals surface area contributed by atoms with E-state index in [1.54, 1.807) is 39.0 Å². The van der Waals surface area contributed by atoms with E-state index in [1.807, 2.05) is 0 Å². The van der Waals surface area contributed by atoms with Crippen LogP contribution in [0.4, 0.5) is 4.79 Å². The lowest BCUT2D eigenvalue weighted by Gasteiger charge is -2.29. The van der Waals surface area contributed by atoms with E-state index in [2.05, 4.69) is 16.0 Å². The number of alkyl carbamates (subject to hydrolysis) is 1. The van der Waals surface area contributed by atoms with Crippen molar-refractivity contribution in [2.24, 2.45) is 0 Å². The number of fused-ring (bicyclic) bond motifs is 1. The van der Waals surface area contributed by atoms with Crippen molar-refractivity contribution in [2.45, 2.75) is 64.6 Å². The summed E-state index contributed by atoms with van der Waals surface area (Å²) in [4.78, 5) is 61.7. The minimum absolute atomic E-state index is 0.170. The number of amides is 5. The van der Waals surface area contributed by atoms with Crippen LogP contribution in [0.5, 0.6) is 5.75 Å². The van der Waals surface area contributed by atoms with Crippen molar-refractivity contribution >= 4 is 29.7 Å². The third-order valence-corrected chi connectivity index (χ3v) is 5.82. The van der Waals surface area contributed by atoms with Gasteiger partial charge in [0, 0.05) is 43.9 Å². The van der Waals surface area contributed by atoms with E-state index < -0.39 is 23.6 Å². The zero-order chi connectivity index (χ0) is 27.7. The number of ether oxygens (including phenoxy) is 3. The molecule has 38 heavy (non-hydrogen) atoms. The number of carbonyl (C=O) groups is 5. The number of benzene rings is 1. The second kappa shape index (κ2) is 13.2. The first kappa shape index (κ1) is 28.9. The van der Waals surface area contributed by atoms with Gasteiger partial charge in [-0.2, -0.15) is 0 Å². The predicted octanol–water partition coefficient (Wildman–Crippen LogP) is 1.26. The molecule has 5 amide bonds. The number of nitrogens with one attached hydrogen (secondary N) is 3. The molecular formula is C26H36N4O8. The number of hydrogen-bond acceptors (Lipinski definition) is 8. The fourth-order valence-electron chi connectivity index (χ4n) is 4.07. The van der Waals surface area contributed by atoms with Crippen molar-refractivity contribution in [3.05, 3.63) is 29.3 Å². The average molecular weight is 533 g/mol. The highest BCUT2D eigenvalue weighted by atomic mass is 16.6. The van der Waals surface area contributed by atoms with Gasteiger partial charge >= 0.3 is 6.09 Å². The second-order valence-corrected chi connectivity index (χ2v) is 10.1. The Hall–Kier alpha value is -3.67. The summed E-state index contributed by atoms with van der Waals surface area (Å²) in [6, 6.07) is 4.29. The Morgan fingerprint density at radius 3 is 2.47 bits per heavy atom. The molecule has 1 aromatic rings. The number of imide groups is 1. The minimum Gasteiger partial charge on any atom is -0.483 e. The monoisotopic (exact) mass is 532 g/mol. The van der Waals surface area contributed by atoms with E-state index in [1.165, 1.54) is 4.90 Å². The van der Waals surface area contributed by atoms with Crippen molar-refractivity contribution in [3.8, 4) is 5.75 Å². The van der Waals surface area contributed by atoms with Gasteiger partial charge in [-0.1, -0.05) is 6.07 Å². The van der Waals surface area contributed by atoms with Crippen LogP contribution in [0, 0.1) is 0 Å². The van der Waals surface area contributed by atoms with Crippen LogP contribution in [-0.4, -0.2) is 79.2 Å². The molecule has 0 bridgehead atoms. The molecule has 3 N–H and O–H groups in total. The fourth-order valence-corrected chi connectivity index (χ4v) is 4.07. The summed E-state index contributed by atoms with van der Waals surface area (Å²) in [5.41, 5.74) is 0.505. The quantitative estimate of drug-likeness (QED) is 0.269. The number of hydrogen-bond donors (Lipinski definition) is 3. The molecule has 2 heterocycles. The first-order valence-electron chi connectivity index (χ1n) is 12.8. The van der Waals surface area contributed by atoms with Crippen LogP contribution >= 0.6 is 0 Å². The highest BCUT2D eigenvalue weighted by Crippen LogP contribution is 2.33. The van der Waals surface area contributed by atoms with Gasteiger partial charge < -0.3 is 29.7 Å². The average Bonchev–Trinajstić information content (AvgIpc) is 3.17. The van der Waals surface area contributed by atoms with Crippen LogP contribution in [0.1, 0.15) is 62.4 Å². The maximum absolute atomic E-state index is 12.9. The van der Waals surface area contributed by atoms with Gasteiger partial charge in [-0.15, -0.1) is 0 Å². The Morgan fingerprint density at radius 1 is 1.08 bits per heavy atom. The van der Waals surface area contributed by atoms with Crippen LogP contribution in [0.2, 0.25) is 0 Å². The van der Waals surface area contributed by atoms with Gasteiger partial charge in [-0.25, -0.2) is 4.79 Å². The van der Waals surface area contributed by atoms with Crippen LogP contribution in [0.15, 0.2) is 18.2 Å². The molecule has 0 aliphatic carbocycles. The molecule has 208 valence electrons. The normalized spacial score (nSPS) is 17.1. The van der Waals surface area contributed by atoms with Crippen molar-refractivity contribution in [3.63, 3.8) is 0 Å². The molecule has 2 aliphatic rings. The minimum atomic E-state index is -0.716. The molecule has 0 radical (unpaired) electrons. The zero-order valence-electron chi connectivity index (χ0n) is 22.1. The third-order valence-electron chi connectivity index (χ3n) is 5.82. The van der Waals surface area contributed by atoms with Gasteiger partial charge in [0.25, 0.3) is 11.8 Å². The molecule has 1 atom stereocenters. The molecular weight excluding hydrogens is 496 g/mol. The van der Waals surface area contributed by atoms with E-state index >= 15 is 0 Å². The largest absolute Gasteiger partial charge is 0.483 e. The van der Waals surface area contributed by atoms with Crippen molar-refractivity contribution in [1.82, 2.24) is 20.9 Å². The van der Waals surface area contributed by atoms with Gasteiger partial charge in [0.15, 0.2) is 6.61 Å². The van der Waals surface area contributed by atoms with Gasteiger partial charge in [0.05, 0.1) is 6.54 Å². The first-order chi connectivity index (χ1) is 18.0. The van der Waals surface area contributed by atoms with Gasteiger partial charge in [-0.05, 0) is 52.2 Å². The third kappa shape index (κ3) is 8.44. The molecule has 12 nitrogen and oxygen atoms in total. The first-order valence-corrected chi connectivity index (χ1v) is 12.8. The summed E-state index contributed by atoms with van der Waals surface area (Å²) < 4.78 is 16.3. The Morgan fingerprint density at radius 2 is 1.79 bits per heavy atom. The van der Waals surface area contributed by atoms with E-state index in [4.69, 9.17) is 14.2 Å². The smallest absolute Gasteiger partial charge is 0.407 e. The predicted molar refractivity (Wildman–Crippen MR) is 135 cm³/mol. The maximum atomic E-state index is 12.9. The Bertz CT molecular complexity index is 1050. The summed E-state index contributed by atoms with van der Waals surface area (Å²) in [5, 5.41) is 7.70. The highest BCUT2D eigenvalue weighted by molar-refractivity contribution is 6.05. The summed E-state index contributed by atoms with van der Waals surface area (Å²) >= 11 is 0. The summed E-state index contributed by atoms with van der Waals surface area (Å²) in [5.74, 6) is -1.03. The highest BCUT2D eigenvalue weighted by Gasteiger charge is 2.40. The second-order valence-electron chi connectivity index (χ2n) is 10.1.